The molecule has 9 nitrogen and oxygen atoms in total. The highest BCUT2D eigenvalue weighted by atomic mass is 16.6. The number of hydrogen-bond acceptors (Lipinski definition) is 7. The molecule has 32 heavy (non-hydrogen) atoms. The minimum absolute atomic E-state index is 0.159. The van der Waals surface area contributed by atoms with Gasteiger partial charge in [-0.3, -0.25) is 14.9 Å². The zero-order valence-electron chi connectivity index (χ0n) is 18.2. The van der Waals surface area contributed by atoms with Crippen LogP contribution in [0, 0.1) is 10.1 Å². The Morgan fingerprint density at radius 2 is 1.84 bits per heavy atom. The second kappa shape index (κ2) is 8.80. The van der Waals surface area contributed by atoms with Crippen LogP contribution in [-0.4, -0.2) is 45.6 Å². The van der Waals surface area contributed by atoms with E-state index in [0.717, 1.165) is 24.5 Å². The van der Waals surface area contributed by atoms with E-state index in [1.54, 1.807) is 29.9 Å². The minimum atomic E-state index is -0.498. The second-order valence-electron chi connectivity index (χ2n) is 8.01. The summed E-state index contributed by atoms with van der Waals surface area (Å²) in [5, 5.41) is 14.8. The maximum Gasteiger partial charge on any atom is 0.293 e. The molecule has 2 heterocycles. The number of rotatable bonds is 6. The van der Waals surface area contributed by atoms with E-state index in [-0.39, 0.29) is 35.1 Å². The molecule has 0 amide bonds. The van der Waals surface area contributed by atoms with Crippen molar-refractivity contribution in [3.63, 3.8) is 0 Å². The molecule has 2 aromatic carbocycles. The molecule has 0 spiro atoms. The van der Waals surface area contributed by atoms with Gasteiger partial charge in [-0.2, -0.15) is 0 Å². The Bertz CT molecular complexity index is 1130. The zero-order chi connectivity index (χ0) is 22.8. The Morgan fingerprint density at radius 3 is 2.44 bits per heavy atom. The first-order valence-electron chi connectivity index (χ1n) is 10.4. The molecule has 4 rings (SSSR count). The molecular formula is C23H25N5O4. The monoisotopic (exact) mass is 435 g/mol. The van der Waals surface area contributed by atoms with Gasteiger partial charge in [-0.1, -0.05) is 0 Å². The lowest BCUT2D eigenvalue weighted by molar-refractivity contribution is -0.383. The summed E-state index contributed by atoms with van der Waals surface area (Å²) in [7, 11) is 1.70. The number of nitro groups is 1. The number of anilines is 3. The van der Waals surface area contributed by atoms with Gasteiger partial charge in [-0.25, -0.2) is 4.98 Å². The number of ketones is 1. The third kappa shape index (κ3) is 4.47. The smallest absolute Gasteiger partial charge is 0.293 e. The number of carbonyl (C=O) groups is 1. The van der Waals surface area contributed by atoms with Gasteiger partial charge in [0.1, 0.15) is 5.69 Å². The van der Waals surface area contributed by atoms with Crippen molar-refractivity contribution in [3.05, 3.63) is 76.4 Å². The number of aryl methyl sites for hydroxylation is 1. The van der Waals surface area contributed by atoms with Crippen molar-refractivity contribution in [2.24, 2.45) is 7.05 Å². The van der Waals surface area contributed by atoms with E-state index >= 15 is 0 Å². The van der Waals surface area contributed by atoms with Crippen molar-refractivity contribution in [2.75, 3.05) is 23.3 Å². The SMILES string of the molecule is CC1CN(c2ccc(Nc3ccc(C(=O)c4nccn4C)cc3[N+](=O)[O-])cc2)CC(C)O1. The first kappa shape index (κ1) is 21.5. The molecule has 0 aliphatic carbocycles. The van der Waals surface area contributed by atoms with Gasteiger partial charge >= 0.3 is 0 Å². The molecule has 1 fully saturated rings. The van der Waals surface area contributed by atoms with Gasteiger partial charge in [0.15, 0.2) is 5.82 Å². The van der Waals surface area contributed by atoms with E-state index in [1.807, 2.05) is 24.3 Å². The number of carbonyl (C=O) groups excluding carboxylic acids is 1. The summed E-state index contributed by atoms with van der Waals surface area (Å²) in [5.41, 5.74) is 2.14. The van der Waals surface area contributed by atoms with Crippen LogP contribution in [0.1, 0.15) is 30.0 Å². The van der Waals surface area contributed by atoms with Gasteiger partial charge in [-0.05, 0) is 50.2 Å². The van der Waals surface area contributed by atoms with Crippen LogP contribution in [0.15, 0.2) is 54.9 Å². The van der Waals surface area contributed by atoms with Crippen LogP contribution in [0.4, 0.5) is 22.7 Å². The van der Waals surface area contributed by atoms with E-state index in [4.69, 9.17) is 4.74 Å². The molecule has 1 aromatic heterocycles. The van der Waals surface area contributed by atoms with E-state index in [9.17, 15) is 14.9 Å². The quantitative estimate of drug-likeness (QED) is 0.356. The van der Waals surface area contributed by atoms with Gasteiger partial charge in [0, 0.05) is 55.5 Å². The number of morpholine rings is 1. The third-order valence-electron chi connectivity index (χ3n) is 5.41. The number of imidazole rings is 1. The first-order chi connectivity index (χ1) is 15.3. The van der Waals surface area contributed by atoms with Crippen LogP contribution in [0.25, 0.3) is 0 Å². The fourth-order valence-electron chi connectivity index (χ4n) is 3.94. The van der Waals surface area contributed by atoms with Gasteiger partial charge in [0.05, 0.1) is 17.1 Å². The van der Waals surface area contributed by atoms with E-state index < -0.39 is 4.92 Å². The second-order valence-corrected chi connectivity index (χ2v) is 8.01. The highest BCUT2D eigenvalue weighted by Crippen LogP contribution is 2.30. The van der Waals surface area contributed by atoms with Crippen molar-refractivity contribution in [1.29, 1.82) is 0 Å². The Labute approximate surface area is 185 Å². The largest absolute Gasteiger partial charge is 0.372 e. The zero-order valence-corrected chi connectivity index (χ0v) is 18.2. The Morgan fingerprint density at radius 1 is 1.16 bits per heavy atom. The number of nitro benzene ring substituents is 1. The summed E-state index contributed by atoms with van der Waals surface area (Å²) in [6.07, 6.45) is 3.48. The van der Waals surface area contributed by atoms with Crippen LogP contribution in [0.3, 0.4) is 0 Å². The van der Waals surface area contributed by atoms with Crippen LogP contribution in [0.2, 0.25) is 0 Å². The molecule has 0 bridgehead atoms. The summed E-state index contributed by atoms with van der Waals surface area (Å²) in [4.78, 5) is 30.1. The molecule has 2 atom stereocenters. The summed E-state index contributed by atoms with van der Waals surface area (Å²) < 4.78 is 7.37. The third-order valence-corrected chi connectivity index (χ3v) is 5.41. The summed E-state index contributed by atoms with van der Waals surface area (Å²) in [6, 6.07) is 12.1. The molecule has 1 N–H and O–H groups in total. The predicted octanol–water partition coefficient (Wildman–Crippen LogP) is 3.92. The molecule has 1 aliphatic rings. The van der Waals surface area contributed by atoms with Gasteiger partial charge < -0.3 is 19.5 Å². The summed E-state index contributed by atoms with van der Waals surface area (Å²) >= 11 is 0. The number of ether oxygens (including phenoxy) is 1. The average molecular weight is 435 g/mol. The lowest BCUT2D eigenvalue weighted by atomic mass is 10.1. The summed E-state index contributed by atoms with van der Waals surface area (Å²) in [6.45, 7) is 5.74. The highest BCUT2D eigenvalue weighted by Gasteiger charge is 2.23. The molecule has 9 heteroatoms. The predicted molar refractivity (Wildman–Crippen MR) is 122 cm³/mol. The number of benzene rings is 2. The van der Waals surface area contributed by atoms with E-state index in [1.165, 1.54) is 12.3 Å². The van der Waals surface area contributed by atoms with Crippen LogP contribution >= 0.6 is 0 Å². The summed E-state index contributed by atoms with van der Waals surface area (Å²) in [5.74, 6) is -0.146. The van der Waals surface area contributed by atoms with Gasteiger partial charge in [0.25, 0.3) is 5.69 Å². The fourth-order valence-corrected chi connectivity index (χ4v) is 3.94. The topological polar surface area (TPSA) is 103 Å². The molecule has 3 aromatic rings. The maximum absolute atomic E-state index is 12.7. The molecule has 1 saturated heterocycles. The normalized spacial score (nSPS) is 18.4. The van der Waals surface area contributed by atoms with Crippen LogP contribution in [0.5, 0.6) is 0 Å². The van der Waals surface area contributed by atoms with Crippen molar-refractivity contribution >= 4 is 28.5 Å². The van der Waals surface area contributed by atoms with Crippen molar-refractivity contribution in [3.8, 4) is 0 Å². The minimum Gasteiger partial charge on any atom is -0.372 e. The Hall–Kier alpha value is -3.72. The lowest BCUT2D eigenvalue weighted by Crippen LogP contribution is -2.45. The van der Waals surface area contributed by atoms with Gasteiger partial charge in [0.2, 0.25) is 5.78 Å². The van der Waals surface area contributed by atoms with Gasteiger partial charge in [-0.15, -0.1) is 0 Å². The first-order valence-corrected chi connectivity index (χ1v) is 10.4. The number of nitrogens with one attached hydrogen (secondary N) is 1. The lowest BCUT2D eigenvalue weighted by Gasteiger charge is -2.36. The van der Waals surface area contributed by atoms with Crippen LogP contribution < -0.4 is 10.2 Å². The standard InChI is InChI=1S/C23H25N5O4/c1-15-13-27(14-16(2)32-15)19-7-5-18(6-8-19)25-20-9-4-17(12-21(20)28(30)31)22(29)23-24-10-11-26(23)3/h4-12,15-16,25H,13-14H2,1-3H3. The Balaban J connectivity index is 1.54. The molecule has 0 saturated carbocycles. The van der Waals surface area contributed by atoms with Crippen molar-refractivity contribution < 1.29 is 14.5 Å². The fraction of sp³-hybridized carbons (Fsp3) is 0.304. The number of aromatic nitrogens is 2. The van der Waals surface area contributed by atoms with Crippen molar-refractivity contribution in [2.45, 2.75) is 26.1 Å². The number of hydrogen-bond donors (Lipinski definition) is 1. The van der Waals surface area contributed by atoms with E-state index in [0.29, 0.717) is 5.69 Å². The molecule has 1 aliphatic heterocycles. The van der Waals surface area contributed by atoms with Crippen molar-refractivity contribution in [1.82, 2.24) is 9.55 Å². The molecule has 2 unspecified atom stereocenters. The van der Waals surface area contributed by atoms with Crippen LogP contribution in [-0.2, 0) is 11.8 Å². The van der Waals surface area contributed by atoms with E-state index in [2.05, 4.69) is 29.0 Å². The average Bonchev–Trinajstić information content (AvgIpc) is 3.19. The molecule has 166 valence electrons. The number of nitrogens with zero attached hydrogens (tertiary/aromatic N) is 4. The maximum atomic E-state index is 12.7. The highest BCUT2D eigenvalue weighted by molar-refractivity contribution is 6.07. The Kier molecular flexibility index (Phi) is 5.91. The molecule has 0 radical (unpaired) electrons. The molecular weight excluding hydrogens is 410 g/mol.